The van der Waals surface area contributed by atoms with Crippen LogP contribution in [-0.2, 0) is 11.3 Å². The van der Waals surface area contributed by atoms with E-state index in [9.17, 15) is 0 Å². The standard InChI is InChI=1S/C14H18N2O2/c1-17-14-7-11(4-5-12(14)8-15)9-16-13-3-2-6-18-10-13/h4-5,7,13,16H,2-3,6,9-10H2,1H3. The van der Waals surface area contributed by atoms with Crippen molar-refractivity contribution in [1.82, 2.24) is 5.32 Å². The first kappa shape index (κ1) is 12.9. The zero-order valence-electron chi connectivity index (χ0n) is 10.6. The second-order valence-corrected chi connectivity index (χ2v) is 4.44. The van der Waals surface area contributed by atoms with E-state index in [4.69, 9.17) is 14.7 Å². The fourth-order valence-corrected chi connectivity index (χ4v) is 2.10. The number of benzene rings is 1. The third-order valence-corrected chi connectivity index (χ3v) is 3.14. The van der Waals surface area contributed by atoms with Crippen LogP contribution in [-0.4, -0.2) is 26.4 Å². The molecule has 18 heavy (non-hydrogen) atoms. The van der Waals surface area contributed by atoms with Crippen molar-refractivity contribution in [3.63, 3.8) is 0 Å². The first-order chi connectivity index (χ1) is 8.83. The smallest absolute Gasteiger partial charge is 0.136 e. The summed E-state index contributed by atoms with van der Waals surface area (Å²) in [5.41, 5.74) is 1.69. The molecule has 0 bridgehead atoms. The number of ether oxygens (including phenoxy) is 2. The van der Waals surface area contributed by atoms with Crippen LogP contribution in [0, 0.1) is 11.3 Å². The number of methoxy groups -OCH3 is 1. The third kappa shape index (κ3) is 3.22. The minimum atomic E-state index is 0.431. The molecule has 0 radical (unpaired) electrons. The number of nitriles is 1. The quantitative estimate of drug-likeness (QED) is 0.880. The number of nitrogens with zero attached hydrogens (tertiary/aromatic N) is 1. The van der Waals surface area contributed by atoms with Gasteiger partial charge in [-0.25, -0.2) is 0 Å². The molecule has 1 heterocycles. The molecule has 0 amide bonds. The lowest BCUT2D eigenvalue weighted by atomic mass is 10.1. The summed E-state index contributed by atoms with van der Waals surface area (Å²) >= 11 is 0. The van der Waals surface area contributed by atoms with E-state index >= 15 is 0 Å². The highest BCUT2D eigenvalue weighted by molar-refractivity contribution is 5.45. The molecule has 1 N–H and O–H groups in total. The first-order valence-corrected chi connectivity index (χ1v) is 6.21. The van der Waals surface area contributed by atoms with E-state index in [0.29, 0.717) is 17.4 Å². The van der Waals surface area contributed by atoms with Gasteiger partial charge in [0.2, 0.25) is 0 Å². The Bertz CT molecular complexity index is 434. The molecule has 0 aliphatic carbocycles. The van der Waals surface area contributed by atoms with Crippen LogP contribution in [0.3, 0.4) is 0 Å². The van der Waals surface area contributed by atoms with Crippen molar-refractivity contribution in [2.45, 2.75) is 25.4 Å². The average molecular weight is 246 g/mol. The van der Waals surface area contributed by atoms with E-state index < -0.39 is 0 Å². The van der Waals surface area contributed by atoms with Crippen molar-refractivity contribution in [3.05, 3.63) is 29.3 Å². The van der Waals surface area contributed by atoms with Gasteiger partial charge in [-0.3, -0.25) is 0 Å². The fraction of sp³-hybridized carbons (Fsp3) is 0.500. The van der Waals surface area contributed by atoms with Gasteiger partial charge in [0.15, 0.2) is 0 Å². The fourth-order valence-electron chi connectivity index (χ4n) is 2.10. The molecule has 4 nitrogen and oxygen atoms in total. The Morgan fingerprint density at radius 2 is 2.44 bits per heavy atom. The van der Waals surface area contributed by atoms with Crippen LogP contribution >= 0.6 is 0 Å². The molecule has 1 atom stereocenters. The minimum absolute atomic E-state index is 0.431. The van der Waals surface area contributed by atoms with Gasteiger partial charge < -0.3 is 14.8 Å². The average Bonchev–Trinajstić information content (AvgIpc) is 2.45. The Labute approximate surface area is 108 Å². The maximum Gasteiger partial charge on any atom is 0.136 e. The lowest BCUT2D eigenvalue weighted by Crippen LogP contribution is -2.36. The summed E-state index contributed by atoms with van der Waals surface area (Å²) in [6.45, 7) is 2.44. The Kier molecular flexibility index (Phi) is 4.57. The van der Waals surface area contributed by atoms with E-state index in [1.54, 1.807) is 13.2 Å². The molecule has 1 saturated heterocycles. The Morgan fingerprint density at radius 3 is 3.11 bits per heavy atom. The molecular formula is C14H18N2O2. The highest BCUT2D eigenvalue weighted by atomic mass is 16.5. The topological polar surface area (TPSA) is 54.3 Å². The van der Waals surface area contributed by atoms with Crippen LogP contribution in [0.2, 0.25) is 0 Å². The number of hydrogen-bond acceptors (Lipinski definition) is 4. The summed E-state index contributed by atoms with van der Waals surface area (Å²) in [5.74, 6) is 0.636. The summed E-state index contributed by atoms with van der Waals surface area (Å²) < 4.78 is 10.6. The Balaban J connectivity index is 1.95. The van der Waals surface area contributed by atoms with Gasteiger partial charge in [-0.15, -0.1) is 0 Å². The highest BCUT2D eigenvalue weighted by Crippen LogP contribution is 2.19. The predicted molar refractivity (Wildman–Crippen MR) is 68.4 cm³/mol. The van der Waals surface area contributed by atoms with Crippen LogP contribution in [0.4, 0.5) is 0 Å². The molecule has 96 valence electrons. The van der Waals surface area contributed by atoms with E-state index in [2.05, 4.69) is 11.4 Å². The maximum absolute atomic E-state index is 8.91. The molecule has 1 aliphatic rings. The maximum atomic E-state index is 8.91. The number of nitrogens with one attached hydrogen (secondary N) is 1. The summed E-state index contributed by atoms with van der Waals surface area (Å²) in [4.78, 5) is 0. The van der Waals surface area contributed by atoms with Crippen molar-refractivity contribution in [2.75, 3.05) is 20.3 Å². The second kappa shape index (κ2) is 6.39. The summed E-state index contributed by atoms with van der Waals surface area (Å²) in [6.07, 6.45) is 2.28. The molecule has 0 spiro atoms. The second-order valence-electron chi connectivity index (χ2n) is 4.44. The van der Waals surface area contributed by atoms with Crippen LogP contribution in [0.5, 0.6) is 5.75 Å². The lowest BCUT2D eigenvalue weighted by Gasteiger charge is -2.23. The van der Waals surface area contributed by atoms with Gasteiger partial charge in [-0.1, -0.05) is 6.07 Å². The van der Waals surface area contributed by atoms with Crippen LogP contribution < -0.4 is 10.1 Å². The molecule has 2 rings (SSSR count). The monoisotopic (exact) mass is 246 g/mol. The summed E-state index contributed by atoms with van der Waals surface area (Å²) in [5, 5.41) is 12.4. The zero-order valence-corrected chi connectivity index (χ0v) is 10.6. The summed E-state index contributed by atoms with van der Waals surface area (Å²) in [6, 6.07) is 8.21. The zero-order chi connectivity index (χ0) is 12.8. The Morgan fingerprint density at radius 1 is 1.56 bits per heavy atom. The van der Waals surface area contributed by atoms with Gasteiger partial charge >= 0.3 is 0 Å². The van der Waals surface area contributed by atoms with Gasteiger partial charge in [0.1, 0.15) is 11.8 Å². The van der Waals surface area contributed by atoms with Gasteiger partial charge in [0.05, 0.1) is 19.3 Å². The molecule has 4 heteroatoms. The van der Waals surface area contributed by atoms with E-state index in [0.717, 1.165) is 38.2 Å². The minimum Gasteiger partial charge on any atom is -0.495 e. The molecule has 1 fully saturated rings. The first-order valence-electron chi connectivity index (χ1n) is 6.21. The van der Waals surface area contributed by atoms with Crippen LogP contribution in [0.25, 0.3) is 0 Å². The van der Waals surface area contributed by atoms with E-state index in [1.807, 2.05) is 12.1 Å². The van der Waals surface area contributed by atoms with Crippen molar-refractivity contribution < 1.29 is 9.47 Å². The SMILES string of the molecule is COc1cc(CNC2CCCOC2)ccc1C#N. The van der Waals surface area contributed by atoms with Gasteiger partial charge in [-0.2, -0.15) is 5.26 Å². The summed E-state index contributed by atoms with van der Waals surface area (Å²) in [7, 11) is 1.59. The molecule has 0 saturated carbocycles. The van der Waals surface area contributed by atoms with Crippen molar-refractivity contribution in [1.29, 1.82) is 5.26 Å². The molecule has 1 aromatic carbocycles. The van der Waals surface area contributed by atoms with Crippen molar-refractivity contribution in [2.24, 2.45) is 0 Å². The molecule has 1 unspecified atom stereocenters. The molecule has 0 aromatic heterocycles. The molecular weight excluding hydrogens is 228 g/mol. The van der Waals surface area contributed by atoms with E-state index in [-0.39, 0.29) is 0 Å². The largest absolute Gasteiger partial charge is 0.495 e. The number of rotatable bonds is 4. The normalized spacial score (nSPS) is 19.2. The van der Waals surface area contributed by atoms with Gasteiger partial charge in [-0.05, 0) is 30.5 Å². The molecule has 1 aromatic rings. The van der Waals surface area contributed by atoms with Crippen LogP contribution in [0.15, 0.2) is 18.2 Å². The molecule has 1 aliphatic heterocycles. The predicted octanol–water partition coefficient (Wildman–Crippen LogP) is 1.84. The van der Waals surface area contributed by atoms with Crippen LogP contribution in [0.1, 0.15) is 24.0 Å². The van der Waals surface area contributed by atoms with Crippen molar-refractivity contribution in [3.8, 4) is 11.8 Å². The lowest BCUT2D eigenvalue weighted by molar-refractivity contribution is 0.0699. The third-order valence-electron chi connectivity index (χ3n) is 3.14. The van der Waals surface area contributed by atoms with Crippen molar-refractivity contribution >= 4 is 0 Å². The number of hydrogen-bond donors (Lipinski definition) is 1. The highest BCUT2D eigenvalue weighted by Gasteiger charge is 2.13. The van der Waals surface area contributed by atoms with E-state index in [1.165, 1.54) is 0 Å². The van der Waals surface area contributed by atoms with Gasteiger partial charge in [0, 0.05) is 19.2 Å². The Hall–Kier alpha value is -1.57. The van der Waals surface area contributed by atoms with Gasteiger partial charge in [0.25, 0.3) is 0 Å².